The second-order valence-electron chi connectivity index (χ2n) is 5.48. The van der Waals surface area contributed by atoms with Crippen LogP contribution in [0.4, 0.5) is 0 Å². The summed E-state index contributed by atoms with van der Waals surface area (Å²) in [6, 6.07) is 15.5. The summed E-state index contributed by atoms with van der Waals surface area (Å²) in [4.78, 5) is 15.5. The number of ether oxygens (including phenoxy) is 1. The topological polar surface area (TPSA) is 29.5 Å². The van der Waals surface area contributed by atoms with Gasteiger partial charge in [-0.15, -0.1) is 11.8 Å². The number of fused-ring (bicyclic) bond motifs is 1. The predicted molar refractivity (Wildman–Crippen MR) is 94.4 cm³/mol. The third kappa shape index (κ3) is 4.01. The van der Waals surface area contributed by atoms with Gasteiger partial charge in [0.1, 0.15) is 12.4 Å². The van der Waals surface area contributed by atoms with Gasteiger partial charge >= 0.3 is 0 Å². The van der Waals surface area contributed by atoms with Crippen molar-refractivity contribution in [3.8, 4) is 5.75 Å². The Labute approximate surface area is 145 Å². The van der Waals surface area contributed by atoms with Crippen LogP contribution in [0.1, 0.15) is 5.56 Å². The summed E-state index contributed by atoms with van der Waals surface area (Å²) in [6.07, 6.45) is 0.805. The van der Waals surface area contributed by atoms with Crippen LogP contribution < -0.4 is 4.74 Å². The fourth-order valence-electron chi connectivity index (χ4n) is 2.53. The van der Waals surface area contributed by atoms with Gasteiger partial charge in [-0.05, 0) is 36.2 Å². The first-order chi connectivity index (χ1) is 11.1. The molecule has 0 N–H and O–H groups in total. The molecule has 0 aromatic heterocycles. The molecule has 1 aliphatic heterocycles. The number of halogens is 1. The van der Waals surface area contributed by atoms with Gasteiger partial charge in [0, 0.05) is 17.0 Å². The Kier molecular flexibility index (Phi) is 5.13. The molecule has 1 atom stereocenters. The standard InChI is InChI=1S/C18H18ClNO2S/c1-20(9-10-22-15-7-4-6-14(19)12-15)18(21)17-11-13-5-2-3-8-16(13)23-17/h2-8,12,17H,9-11H2,1H3. The van der Waals surface area contributed by atoms with Crippen molar-refractivity contribution in [1.82, 2.24) is 4.90 Å². The molecule has 23 heavy (non-hydrogen) atoms. The molecule has 0 saturated carbocycles. The smallest absolute Gasteiger partial charge is 0.236 e. The molecular formula is C18H18ClNO2S. The number of benzene rings is 2. The highest BCUT2D eigenvalue weighted by Gasteiger charge is 2.29. The van der Waals surface area contributed by atoms with Crippen molar-refractivity contribution in [2.45, 2.75) is 16.6 Å². The Morgan fingerprint density at radius 1 is 1.30 bits per heavy atom. The highest BCUT2D eigenvalue weighted by molar-refractivity contribution is 8.01. The fourth-order valence-corrected chi connectivity index (χ4v) is 4.02. The highest BCUT2D eigenvalue weighted by atomic mass is 35.5. The van der Waals surface area contributed by atoms with Crippen molar-refractivity contribution in [2.24, 2.45) is 0 Å². The Morgan fingerprint density at radius 2 is 2.13 bits per heavy atom. The van der Waals surface area contributed by atoms with Gasteiger partial charge in [-0.3, -0.25) is 4.79 Å². The highest BCUT2D eigenvalue weighted by Crippen LogP contribution is 2.37. The van der Waals surface area contributed by atoms with E-state index in [-0.39, 0.29) is 11.2 Å². The number of amides is 1. The number of hydrogen-bond acceptors (Lipinski definition) is 3. The summed E-state index contributed by atoms with van der Waals surface area (Å²) in [6.45, 7) is 1.01. The lowest BCUT2D eigenvalue weighted by atomic mass is 10.1. The SMILES string of the molecule is CN(CCOc1cccc(Cl)c1)C(=O)C1Cc2ccccc2S1. The van der Waals surface area contributed by atoms with E-state index in [1.54, 1.807) is 28.8 Å². The van der Waals surface area contributed by atoms with Crippen molar-refractivity contribution >= 4 is 29.3 Å². The molecule has 2 aromatic carbocycles. The average Bonchev–Trinajstić information content (AvgIpc) is 2.98. The molecular weight excluding hydrogens is 330 g/mol. The summed E-state index contributed by atoms with van der Waals surface area (Å²) in [5.74, 6) is 0.877. The van der Waals surface area contributed by atoms with E-state index in [0.29, 0.717) is 18.2 Å². The van der Waals surface area contributed by atoms with E-state index in [9.17, 15) is 4.79 Å². The van der Waals surface area contributed by atoms with Crippen LogP contribution >= 0.6 is 23.4 Å². The van der Waals surface area contributed by atoms with E-state index in [4.69, 9.17) is 16.3 Å². The van der Waals surface area contributed by atoms with Gasteiger partial charge in [0.25, 0.3) is 0 Å². The monoisotopic (exact) mass is 347 g/mol. The van der Waals surface area contributed by atoms with E-state index >= 15 is 0 Å². The van der Waals surface area contributed by atoms with E-state index < -0.39 is 0 Å². The maximum absolute atomic E-state index is 12.5. The number of carbonyl (C=O) groups is 1. The second-order valence-corrected chi connectivity index (χ2v) is 7.16. The van der Waals surface area contributed by atoms with Gasteiger partial charge in [0.2, 0.25) is 5.91 Å². The Balaban J connectivity index is 1.49. The molecule has 120 valence electrons. The molecule has 3 nitrogen and oxygen atoms in total. The lowest BCUT2D eigenvalue weighted by Gasteiger charge is -2.20. The van der Waals surface area contributed by atoms with Crippen LogP contribution in [-0.4, -0.2) is 36.3 Å². The number of thioether (sulfide) groups is 1. The van der Waals surface area contributed by atoms with Gasteiger partial charge in [-0.2, -0.15) is 0 Å². The fraction of sp³-hybridized carbons (Fsp3) is 0.278. The number of carbonyl (C=O) groups excluding carboxylic acids is 1. The van der Waals surface area contributed by atoms with Crippen molar-refractivity contribution < 1.29 is 9.53 Å². The minimum atomic E-state index is -0.0245. The zero-order valence-corrected chi connectivity index (χ0v) is 14.4. The number of nitrogens with zero attached hydrogens (tertiary/aromatic N) is 1. The van der Waals surface area contributed by atoms with E-state index in [1.165, 1.54) is 10.5 Å². The number of rotatable bonds is 5. The normalized spacial score (nSPS) is 16.0. The summed E-state index contributed by atoms with van der Waals surface area (Å²) in [5.41, 5.74) is 1.26. The molecule has 0 bridgehead atoms. The van der Waals surface area contributed by atoms with E-state index in [2.05, 4.69) is 12.1 Å². The largest absolute Gasteiger partial charge is 0.492 e. The quantitative estimate of drug-likeness (QED) is 0.821. The third-order valence-electron chi connectivity index (χ3n) is 3.79. The Hall–Kier alpha value is -1.65. The molecule has 2 aromatic rings. The molecule has 0 spiro atoms. The van der Waals surface area contributed by atoms with Crippen LogP contribution in [0.2, 0.25) is 5.02 Å². The van der Waals surface area contributed by atoms with Crippen LogP contribution in [0.3, 0.4) is 0 Å². The molecule has 0 radical (unpaired) electrons. The summed E-state index contributed by atoms with van der Waals surface area (Å²) in [7, 11) is 1.83. The third-order valence-corrected chi connectivity index (χ3v) is 5.33. The molecule has 3 rings (SSSR count). The molecule has 1 amide bonds. The molecule has 1 heterocycles. The van der Waals surface area contributed by atoms with Gasteiger partial charge in [0.15, 0.2) is 0 Å². The van der Waals surface area contributed by atoms with Gasteiger partial charge in [-0.25, -0.2) is 0 Å². The second kappa shape index (κ2) is 7.28. The summed E-state index contributed by atoms with van der Waals surface area (Å²) >= 11 is 7.57. The average molecular weight is 348 g/mol. The molecule has 0 fully saturated rings. The van der Waals surface area contributed by atoms with Gasteiger partial charge in [-0.1, -0.05) is 35.9 Å². The lowest BCUT2D eigenvalue weighted by Crippen LogP contribution is -2.37. The first kappa shape index (κ1) is 16.2. The van der Waals surface area contributed by atoms with Crippen molar-refractivity contribution in [3.63, 3.8) is 0 Å². The maximum Gasteiger partial charge on any atom is 0.236 e. The Morgan fingerprint density at radius 3 is 2.91 bits per heavy atom. The van der Waals surface area contributed by atoms with E-state index in [0.717, 1.165) is 12.2 Å². The summed E-state index contributed by atoms with van der Waals surface area (Å²) < 4.78 is 5.65. The Bertz CT molecular complexity index is 682. The first-order valence-electron chi connectivity index (χ1n) is 7.51. The van der Waals surface area contributed by atoms with Crippen LogP contribution in [0.15, 0.2) is 53.4 Å². The van der Waals surface area contributed by atoms with Crippen LogP contribution in [0.25, 0.3) is 0 Å². The molecule has 5 heteroatoms. The van der Waals surface area contributed by atoms with Crippen molar-refractivity contribution in [1.29, 1.82) is 0 Å². The number of likely N-dealkylation sites (N-methyl/N-ethyl adjacent to an activating group) is 1. The number of hydrogen-bond donors (Lipinski definition) is 0. The zero-order chi connectivity index (χ0) is 16.2. The molecule has 0 saturated heterocycles. The van der Waals surface area contributed by atoms with Crippen LogP contribution in [-0.2, 0) is 11.2 Å². The van der Waals surface area contributed by atoms with Gasteiger partial charge in [0.05, 0.1) is 11.8 Å². The predicted octanol–water partition coefficient (Wildman–Crippen LogP) is 3.89. The molecule has 1 unspecified atom stereocenters. The molecule has 0 aliphatic carbocycles. The summed E-state index contributed by atoms with van der Waals surface area (Å²) in [5, 5.41) is 0.621. The lowest BCUT2D eigenvalue weighted by molar-refractivity contribution is -0.129. The minimum Gasteiger partial charge on any atom is -0.492 e. The molecule has 1 aliphatic rings. The maximum atomic E-state index is 12.5. The van der Waals surface area contributed by atoms with E-state index in [1.807, 2.05) is 31.3 Å². The van der Waals surface area contributed by atoms with Crippen LogP contribution in [0, 0.1) is 0 Å². The first-order valence-corrected chi connectivity index (χ1v) is 8.77. The van der Waals surface area contributed by atoms with Crippen molar-refractivity contribution in [3.05, 3.63) is 59.1 Å². The zero-order valence-electron chi connectivity index (χ0n) is 12.9. The van der Waals surface area contributed by atoms with Crippen LogP contribution in [0.5, 0.6) is 5.75 Å². The van der Waals surface area contributed by atoms with Gasteiger partial charge < -0.3 is 9.64 Å². The van der Waals surface area contributed by atoms with Crippen molar-refractivity contribution in [2.75, 3.05) is 20.2 Å². The minimum absolute atomic E-state index is 0.0245.